The van der Waals surface area contributed by atoms with Gasteiger partial charge in [-0.1, -0.05) is 6.07 Å². The predicted octanol–water partition coefficient (Wildman–Crippen LogP) is 1.63. The summed E-state index contributed by atoms with van der Waals surface area (Å²) in [5, 5.41) is 3.13. The van der Waals surface area contributed by atoms with Gasteiger partial charge in [-0.15, -0.1) is 0 Å². The average molecular weight is 272 g/mol. The third kappa shape index (κ3) is 3.96. The Hall–Kier alpha value is -1.14. The van der Waals surface area contributed by atoms with Gasteiger partial charge in [-0.05, 0) is 37.5 Å². The van der Waals surface area contributed by atoms with E-state index in [9.17, 15) is 12.8 Å². The number of anilines is 1. The van der Waals surface area contributed by atoms with Crippen LogP contribution < -0.4 is 10.0 Å². The van der Waals surface area contributed by atoms with E-state index in [1.807, 2.05) is 0 Å². The summed E-state index contributed by atoms with van der Waals surface area (Å²) >= 11 is 0. The van der Waals surface area contributed by atoms with Gasteiger partial charge in [0.1, 0.15) is 5.82 Å². The van der Waals surface area contributed by atoms with E-state index >= 15 is 0 Å². The van der Waals surface area contributed by atoms with Crippen LogP contribution in [0.15, 0.2) is 18.2 Å². The fourth-order valence-corrected chi connectivity index (χ4v) is 2.55. The van der Waals surface area contributed by atoms with Gasteiger partial charge in [-0.25, -0.2) is 12.8 Å². The zero-order chi connectivity index (χ0) is 13.2. The molecule has 2 rings (SSSR count). The normalized spacial score (nSPS) is 15.7. The fraction of sp³-hybridized carbons (Fsp3) is 0.500. The lowest BCUT2D eigenvalue weighted by molar-refractivity contribution is 0.595. The van der Waals surface area contributed by atoms with Gasteiger partial charge >= 0.3 is 0 Å². The molecule has 0 unspecified atom stereocenters. The summed E-state index contributed by atoms with van der Waals surface area (Å²) in [7, 11) is -3.41. The molecule has 4 nitrogen and oxygen atoms in total. The topological polar surface area (TPSA) is 58.2 Å². The van der Waals surface area contributed by atoms with E-state index < -0.39 is 15.8 Å². The van der Waals surface area contributed by atoms with Gasteiger partial charge in [0.2, 0.25) is 10.0 Å². The summed E-state index contributed by atoms with van der Waals surface area (Å²) < 4.78 is 39.1. The van der Waals surface area contributed by atoms with Gasteiger partial charge in [-0.2, -0.15) is 0 Å². The van der Waals surface area contributed by atoms with E-state index in [-0.39, 0.29) is 11.4 Å². The first kappa shape index (κ1) is 13.3. The first-order valence-corrected chi connectivity index (χ1v) is 7.61. The lowest BCUT2D eigenvalue weighted by Gasteiger charge is -2.09. The number of benzene rings is 1. The van der Waals surface area contributed by atoms with Gasteiger partial charge in [0.15, 0.2) is 0 Å². The molecule has 0 atom stereocenters. The molecule has 0 aliphatic heterocycles. The molecular weight excluding hydrogens is 255 g/mol. The Kier molecular flexibility index (Phi) is 3.87. The lowest BCUT2D eigenvalue weighted by atomic mass is 10.2. The van der Waals surface area contributed by atoms with Gasteiger partial charge in [-0.3, -0.25) is 4.72 Å². The summed E-state index contributed by atoms with van der Waals surface area (Å²) in [6.07, 6.45) is 2.24. The Morgan fingerprint density at radius 1 is 1.39 bits per heavy atom. The summed E-state index contributed by atoms with van der Waals surface area (Å²) in [6.45, 7) is 2.06. The Bertz CT molecular complexity index is 527. The van der Waals surface area contributed by atoms with E-state index in [1.54, 1.807) is 19.1 Å². The van der Waals surface area contributed by atoms with Crippen LogP contribution in [0, 0.1) is 12.7 Å². The molecule has 100 valence electrons. The van der Waals surface area contributed by atoms with Crippen LogP contribution in [0.2, 0.25) is 0 Å². The minimum absolute atomic E-state index is 0.000997. The molecule has 2 N–H and O–H groups in total. The molecule has 0 bridgehead atoms. The highest BCUT2D eigenvalue weighted by Crippen LogP contribution is 2.18. The number of halogens is 1. The molecule has 0 spiro atoms. The van der Waals surface area contributed by atoms with E-state index in [0.717, 1.165) is 12.8 Å². The second-order valence-corrected chi connectivity index (χ2v) is 6.46. The quantitative estimate of drug-likeness (QED) is 0.827. The van der Waals surface area contributed by atoms with Crippen LogP contribution in [0.25, 0.3) is 0 Å². The van der Waals surface area contributed by atoms with Crippen molar-refractivity contribution in [3.05, 3.63) is 29.6 Å². The molecule has 0 aromatic heterocycles. The number of hydrogen-bond acceptors (Lipinski definition) is 3. The van der Waals surface area contributed by atoms with Gasteiger partial charge in [0.05, 0.1) is 11.4 Å². The third-order valence-electron chi connectivity index (χ3n) is 2.83. The number of nitrogens with one attached hydrogen (secondary N) is 2. The van der Waals surface area contributed by atoms with Crippen molar-refractivity contribution in [3.63, 3.8) is 0 Å². The molecule has 1 aliphatic carbocycles. The molecule has 1 fully saturated rings. The first-order valence-electron chi connectivity index (χ1n) is 5.96. The van der Waals surface area contributed by atoms with Gasteiger partial charge in [0.25, 0.3) is 0 Å². The maximum atomic E-state index is 13.3. The van der Waals surface area contributed by atoms with Crippen LogP contribution >= 0.6 is 0 Å². The molecule has 0 saturated heterocycles. The number of sulfonamides is 1. The molecule has 18 heavy (non-hydrogen) atoms. The smallest absolute Gasteiger partial charge is 0.233 e. The molecule has 1 aromatic carbocycles. The van der Waals surface area contributed by atoms with Crippen molar-refractivity contribution in [1.82, 2.24) is 5.32 Å². The average Bonchev–Trinajstić information content (AvgIpc) is 3.07. The molecule has 0 radical (unpaired) electrons. The Balaban J connectivity index is 1.91. The summed E-state index contributed by atoms with van der Waals surface area (Å²) in [6, 6.07) is 4.79. The summed E-state index contributed by atoms with van der Waals surface area (Å²) in [5.74, 6) is -0.412. The number of rotatable bonds is 6. The van der Waals surface area contributed by atoms with Crippen molar-refractivity contribution in [1.29, 1.82) is 0 Å². The maximum absolute atomic E-state index is 13.3. The fourth-order valence-electron chi connectivity index (χ4n) is 1.57. The molecule has 0 amide bonds. The van der Waals surface area contributed by atoms with Crippen LogP contribution in [0.5, 0.6) is 0 Å². The highest BCUT2D eigenvalue weighted by molar-refractivity contribution is 7.92. The molecule has 1 aromatic rings. The van der Waals surface area contributed by atoms with Crippen LogP contribution in [0.4, 0.5) is 10.1 Å². The first-order chi connectivity index (χ1) is 8.46. The van der Waals surface area contributed by atoms with Crippen molar-refractivity contribution >= 4 is 15.7 Å². The number of aryl methyl sites for hydroxylation is 1. The van der Waals surface area contributed by atoms with Crippen molar-refractivity contribution in [3.8, 4) is 0 Å². The van der Waals surface area contributed by atoms with Gasteiger partial charge in [0, 0.05) is 12.6 Å². The van der Waals surface area contributed by atoms with Crippen LogP contribution in [-0.2, 0) is 10.0 Å². The predicted molar refractivity (Wildman–Crippen MR) is 69.6 cm³/mol. The van der Waals surface area contributed by atoms with E-state index in [1.165, 1.54) is 6.07 Å². The Morgan fingerprint density at radius 2 is 2.11 bits per heavy atom. The standard InChI is InChI=1S/C12H17FN2O2S/c1-9-2-3-11(8-12(9)13)15-18(16,17)7-6-14-10-4-5-10/h2-3,8,10,14-15H,4-7H2,1H3. The Morgan fingerprint density at radius 3 is 2.72 bits per heavy atom. The van der Waals surface area contributed by atoms with E-state index in [4.69, 9.17) is 0 Å². The second kappa shape index (κ2) is 5.24. The largest absolute Gasteiger partial charge is 0.313 e. The van der Waals surface area contributed by atoms with E-state index in [0.29, 0.717) is 18.2 Å². The minimum atomic E-state index is -3.41. The summed E-state index contributed by atoms with van der Waals surface area (Å²) in [5.41, 5.74) is 0.762. The number of hydrogen-bond donors (Lipinski definition) is 2. The lowest BCUT2D eigenvalue weighted by Crippen LogP contribution is -2.28. The maximum Gasteiger partial charge on any atom is 0.233 e. The molecule has 6 heteroatoms. The minimum Gasteiger partial charge on any atom is -0.313 e. The molecule has 1 saturated carbocycles. The monoisotopic (exact) mass is 272 g/mol. The van der Waals surface area contributed by atoms with Gasteiger partial charge < -0.3 is 5.32 Å². The molecular formula is C12H17FN2O2S. The van der Waals surface area contributed by atoms with Crippen molar-refractivity contribution < 1.29 is 12.8 Å². The summed E-state index contributed by atoms with van der Waals surface area (Å²) in [4.78, 5) is 0. The van der Waals surface area contributed by atoms with Crippen molar-refractivity contribution in [2.24, 2.45) is 0 Å². The van der Waals surface area contributed by atoms with Crippen molar-refractivity contribution in [2.45, 2.75) is 25.8 Å². The Labute approximate surface area is 107 Å². The second-order valence-electron chi connectivity index (χ2n) is 4.61. The van der Waals surface area contributed by atoms with Crippen molar-refractivity contribution in [2.75, 3.05) is 17.0 Å². The molecule has 1 aliphatic rings. The van der Waals surface area contributed by atoms with Crippen LogP contribution in [0.3, 0.4) is 0 Å². The van der Waals surface area contributed by atoms with Crippen LogP contribution in [0.1, 0.15) is 18.4 Å². The highest BCUT2D eigenvalue weighted by Gasteiger charge is 2.21. The van der Waals surface area contributed by atoms with E-state index in [2.05, 4.69) is 10.0 Å². The highest BCUT2D eigenvalue weighted by atomic mass is 32.2. The van der Waals surface area contributed by atoms with Crippen LogP contribution in [-0.4, -0.2) is 26.8 Å². The zero-order valence-electron chi connectivity index (χ0n) is 10.2. The zero-order valence-corrected chi connectivity index (χ0v) is 11.1. The third-order valence-corrected chi connectivity index (χ3v) is 4.11. The molecule has 0 heterocycles. The SMILES string of the molecule is Cc1ccc(NS(=O)(=O)CCNC2CC2)cc1F.